The lowest BCUT2D eigenvalue weighted by atomic mass is 10.1. The Morgan fingerprint density at radius 2 is 1.93 bits per heavy atom. The molecule has 0 saturated heterocycles. The molecule has 2 N–H and O–H groups in total. The number of sulfonamides is 1. The maximum absolute atomic E-state index is 12.8. The highest BCUT2D eigenvalue weighted by atomic mass is 32.2. The summed E-state index contributed by atoms with van der Waals surface area (Å²) in [6.45, 7) is 4.42. The number of rotatable bonds is 7. The van der Waals surface area contributed by atoms with Crippen molar-refractivity contribution < 1.29 is 13.2 Å². The fraction of sp³-hybridized carbons (Fsp3) is 0.250. The van der Waals surface area contributed by atoms with E-state index in [1.54, 1.807) is 32.3 Å². The van der Waals surface area contributed by atoms with Crippen LogP contribution in [0, 0.1) is 0 Å². The summed E-state index contributed by atoms with van der Waals surface area (Å²) < 4.78 is 27.0. The first kappa shape index (κ1) is 20.7. The van der Waals surface area contributed by atoms with Crippen LogP contribution in [0.25, 0.3) is 10.9 Å². The van der Waals surface area contributed by atoms with Gasteiger partial charge in [-0.15, -0.1) is 0 Å². The topological polar surface area (TPSA) is 112 Å². The first-order valence-corrected chi connectivity index (χ1v) is 10.6. The average Bonchev–Trinajstić information content (AvgIpc) is 2.72. The number of nitrogens with zero attached hydrogens (tertiary/aromatic N) is 2. The fourth-order valence-electron chi connectivity index (χ4n) is 3.07. The van der Waals surface area contributed by atoms with Crippen molar-refractivity contribution in [3.8, 4) is 0 Å². The fourth-order valence-corrected chi connectivity index (χ4v) is 4.56. The van der Waals surface area contributed by atoms with Gasteiger partial charge in [0, 0.05) is 49.0 Å². The SMILES string of the molecule is CCN(CC)S(=O)(=O)c1ccc2[nH]c(=O)cc(C(=O)NCc3cccnc3)c2c1. The molecular formula is C20H22N4O4S. The van der Waals surface area contributed by atoms with E-state index in [4.69, 9.17) is 0 Å². The molecule has 0 aliphatic rings. The summed E-state index contributed by atoms with van der Waals surface area (Å²) in [5.74, 6) is -0.470. The number of carbonyl (C=O) groups is 1. The van der Waals surface area contributed by atoms with Gasteiger partial charge in [-0.25, -0.2) is 8.42 Å². The summed E-state index contributed by atoms with van der Waals surface area (Å²) in [5, 5.41) is 3.11. The second kappa shape index (κ2) is 8.54. The number of aromatic nitrogens is 2. The molecule has 0 fully saturated rings. The van der Waals surface area contributed by atoms with E-state index < -0.39 is 21.5 Å². The number of hydrogen-bond donors (Lipinski definition) is 2. The van der Waals surface area contributed by atoms with E-state index in [-0.39, 0.29) is 17.0 Å². The van der Waals surface area contributed by atoms with Gasteiger partial charge in [-0.3, -0.25) is 14.6 Å². The monoisotopic (exact) mass is 414 g/mol. The minimum atomic E-state index is -3.70. The van der Waals surface area contributed by atoms with Crippen molar-refractivity contribution in [2.75, 3.05) is 13.1 Å². The number of amides is 1. The zero-order valence-electron chi connectivity index (χ0n) is 16.2. The molecule has 0 spiro atoms. The smallest absolute Gasteiger partial charge is 0.252 e. The van der Waals surface area contributed by atoms with Gasteiger partial charge in [0.05, 0.1) is 10.5 Å². The van der Waals surface area contributed by atoms with E-state index in [1.807, 2.05) is 6.07 Å². The average molecular weight is 414 g/mol. The van der Waals surface area contributed by atoms with Crippen LogP contribution in [0.1, 0.15) is 29.8 Å². The molecule has 0 atom stereocenters. The standard InChI is InChI=1S/C20H22N4O4S/c1-3-24(4-2)29(27,28)15-7-8-18-16(10-15)17(11-19(25)23-18)20(26)22-13-14-6-5-9-21-12-14/h5-12H,3-4,13H2,1-2H3,(H,22,26)(H,23,25). The quantitative estimate of drug-likeness (QED) is 0.613. The van der Waals surface area contributed by atoms with Crippen molar-refractivity contribution in [3.05, 3.63) is 70.3 Å². The molecule has 1 amide bonds. The summed E-state index contributed by atoms with van der Waals surface area (Å²) in [6, 6.07) is 9.12. The predicted molar refractivity (Wildman–Crippen MR) is 110 cm³/mol. The van der Waals surface area contributed by atoms with Gasteiger partial charge >= 0.3 is 0 Å². The highest BCUT2D eigenvalue weighted by Gasteiger charge is 2.23. The van der Waals surface area contributed by atoms with Crippen molar-refractivity contribution in [2.45, 2.75) is 25.3 Å². The summed E-state index contributed by atoms with van der Waals surface area (Å²) in [4.78, 5) is 31.4. The maximum Gasteiger partial charge on any atom is 0.252 e. The Morgan fingerprint density at radius 1 is 1.17 bits per heavy atom. The van der Waals surface area contributed by atoms with Crippen molar-refractivity contribution in [3.63, 3.8) is 0 Å². The number of aromatic amines is 1. The Morgan fingerprint density at radius 3 is 2.59 bits per heavy atom. The lowest BCUT2D eigenvalue weighted by Crippen LogP contribution is -2.30. The van der Waals surface area contributed by atoms with Crippen molar-refractivity contribution in [1.82, 2.24) is 19.6 Å². The highest BCUT2D eigenvalue weighted by molar-refractivity contribution is 7.89. The molecule has 152 valence electrons. The Kier molecular flexibility index (Phi) is 6.09. The number of H-pyrrole nitrogens is 1. The van der Waals surface area contributed by atoms with Crippen LogP contribution >= 0.6 is 0 Å². The number of hydrogen-bond acceptors (Lipinski definition) is 5. The summed E-state index contributed by atoms with van der Waals surface area (Å²) >= 11 is 0. The zero-order chi connectivity index (χ0) is 21.0. The van der Waals surface area contributed by atoms with Crippen molar-refractivity contribution >= 4 is 26.8 Å². The van der Waals surface area contributed by atoms with E-state index >= 15 is 0 Å². The number of pyridine rings is 2. The third-order valence-corrected chi connectivity index (χ3v) is 6.62. The highest BCUT2D eigenvalue weighted by Crippen LogP contribution is 2.23. The van der Waals surface area contributed by atoms with E-state index in [2.05, 4.69) is 15.3 Å². The number of benzene rings is 1. The zero-order valence-corrected chi connectivity index (χ0v) is 17.0. The van der Waals surface area contributed by atoms with Gasteiger partial charge in [0.2, 0.25) is 15.6 Å². The van der Waals surface area contributed by atoms with Crippen LogP contribution in [0.5, 0.6) is 0 Å². The number of fused-ring (bicyclic) bond motifs is 1. The molecule has 3 aromatic rings. The second-order valence-electron chi connectivity index (χ2n) is 6.39. The Labute approximate surface area is 168 Å². The van der Waals surface area contributed by atoms with Crippen LogP contribution in [0.3, 0.4) is 0 Å². The number of nitrogens with one attached hydrogen (secondary N) is 2. The van der Waals surface area contributed by atoms with Gasteiger partial charge in [0.15, 0.2) is 0 Å². The summed E-state index contributed by atoms with van der Waals surface area (Å²) in [6.07, 6.45) is 3.26. The molecule has 9 heteroatoms. The van der Waals surface area contributed by atoms with Crippen molar-refractivity contribution in [1.29, 1.82) is 0 Å². The first-order valence-electron chi connectivity index (χ1n) is 9.21. The first-order chi connectivity index (χ1) is 13.9. The van der Waals surface area contributed by atoms with Gasteiger partial charge in [-0.05, 0) is 29.8 Å². The van der Waals surface area contributed by atoms with Crippen molar-refractivity contribution in [2.24, 2.45) is 0 Å². The Hall–Kier alpha value is -3.04. The molecule has 2 heterocycles. The molecule has 1 aromatic carbocycles. The third-order valence-electron chi connectivity index (χ3n) is 4.58. The van der Waals surface area contributed by atoms with Gasteiger partial charge in [0.1, 0.15) is 0 Å². The van der Waals surface area contributed by atoms with E-state index in [0.29, 0.717) is 24.0 Å². The second-order valence-corrected chi connectivity index (χ2v) is 8.33. The van der Waals surface area contributed by atoms with Gasteiger partial charge in [-0.2, -0.15) is 4.31 Å². The van der Waals surface area contributed by atoms with Crippen LogP contribution in [0.15, 0.2) is 58.5 Å². The van der Waals surface area contributed by atoms with Crippen LogP contribution < -0.4 is 10.9 Å². The van der Waals surface area contributed by atoms with Crippen LogP contribution in [0.2, 0.25) is 0 Å². The molecule has 0 aliphatic carbocycles. The third kappa shape index (κ3) is 4.36. The normalized spacial score (nSPS) is 11.7. The van der Waals surface area contributed by atoms with E-state index in [0.717, 1.165) is 5.56 Å². The van der Waals surface area contributed by atoms with Crippen LogP contribution in [-0.2, 0) is 16.6 Å². The minimum absolute atomic E-state index is 0.0714. The Balaban J connectivity index is 2.02. The minimum Gasteiger partial charge on any atom is -0.348 e. The molecule has 0 radical (unpaired) electrons. The molecule has 0 bridgehead atoms. The lowest BCUT2D eigenvalue weighted by Gasteiger charge is -2.19. The molecule has 0 saturated carbocycles. The van der Waals surface area contributed by atoms with E-state index in [1.165, 1.54) is 28.6 Å². The summed E-state index contributed by atoms with van der Waals surface area (Å²) in [7, 11) is -3.70. The van der Waals surface area contributed by atoms with E-state index in [9.17, 15) is 18.0 Å². The molecule has 0 aliphatic heterocycles. The number of carbonyl (C=O) groups excluding carboxylic acids is 1. The molecule has 2 aromatic heterocycles. The largest absolute Gasteiger partial charge is 0.348 e. The van der Waals surface area contributed by atoms with Gasteiger partial charge < -0.3 is 10.3 Å². The van der Waals surface area contributed by atoms with Gasteiger partial charge in [-0.1, -0.05) is 19.9 Å². The summed E-state index contributed by atoms with van der Waals surface area (Å²) in [5.41, 5.74) is 0.870. The molecule has 3 rings (SSSR count). The van der Waals surface area contributed by atoms with Crippen LogP contribution in [0.4, 0.5) is 0 Å². The molecular weight excluding hydrogens is 392 g/mol. The van der Waals surface area contributed by atoms with Crippen LogP contribution in [-0.4, -0.2) is 41.7 Å². The lowest BCUT2D eigenvalue weighted by molar-refractivity contribution is 0.0952. The molecule has 0 unspecified atom stereocenters. The Bertz CT molecular complexity index is 1190. The van der Waals surface area contributed by atoms with Gasteiger partial charge in [0.25, 0.3) is 5.91 Å². The molecule has 29 heavy (non-hydrogen) atoms. The molecule has 8 nitrogen and oxygen atoms in total. The predicted octanol–water partition coefficient (Wildman–Crippen LogP) is 1.88. The maximum atomic E-state index is 12.8.